The van der Waals surface area contributed by atoms with E-state index in [4.69, 9.17) is 4.74 Å². The number of piperidine rings is 1. The molecule has 2 N–H and O–H groups in total. The first kappa shape index (κ1) is 15.6. The van der Waals surface area contributed by atoms with Crippen molar-refractivity contribution in [1.82, 2.24) is 15.5 Å². The van der Waals surface area contributed by atoms with Gasteiger partial charge < -0.3 is 20.3 Å². The van der Waals surface area contributed by atoms with Crippen LogP contribution in [0, 0.1) is 0 Å². The number of carbonyl (C=O) groups excluding carboxylic acids is 1. The zero-order valence-corrected chi connectivity index (χ0v) is 12.7. The first-order chi connectivity index (χ1) is 9.78. The predicted octanol–water partition coefficient (Wildman–Crippen LogP) is 1.73. The zero-order valence-electron chi connectivity index (χ0n) is 12.7. The van der Waals surface area contributed by atoms with Gasteiger partial charge in [-0.3, -0.25) is 0 Å². The Bertz CT molecular complexity index is 285. The molecular formula is C15H29N3O2. The topological polar surface area (TPSA) is 53.6 Å². The summed E-state index contributed by atoms with van der Waals surface area (Å²) in [7, 11) is 2.00. The summed E-state index contributed by atoms with van der Waals surface area (Å²) in [6.45, 7) is 3.99. The average Bonchev–Trinajstić information content (AvgIpc) is 2.49. The lowest BCUT2D eigenvalue weighted by Crippen LogP contribution is -2.40. The molecule has 1 aliphatic heterocycles. The van der Waals surface area contributed by atoms with Gasteiger partial charge in [-0.1, -0.05) is 6.42 Å². The van der Waals surface area contributed by atoms with Gasteiger partial charge in [0.05, 0.1) is 0 Å². The number of amides is 1. The molecule has 0 atom stereocenters. The number of rotatable bonds is 5. The first-order valence-electron chi connectivity index (χ1n) is 8.12. The number of hydrogen-bond donors (Lipinski definition) is 2. The molecule has 20 heavy (non-hydrogen) atoms. The molecule has 0 aromatic carbocycles. The Morgan fingerprint density at radius 2 is 1.85 bits per heavy atom. The molecule has 1 aliphatic carbocycles. The highest BCUT2D eigenvalue weighted by Gasteiger charge is 2.22. The highest BCUT2D eigenvalue weighted by atomic mass is 16.6. The number of ether oxygens (including phenoxy) is 1. The summed E-state index contributed by atoms with van der Waals surface area (Å²) in [4.78, 5) is 14.2. The quantitative estimate of drug-likeness (QED) is 0.807. The molecule has 1 amide bonds. The van der Waals surface area contributed by atoms with Crippen molar-refractivity contribution in [3.63, 3.8) is 0 Å². The summed E-state index contributed by atoms with van der Waals surface area (Å²) >= 11 is 0. The lowest BCUT2D eigenvalue weighted by Gasteiger charge is -2.28. The maximum Gasteiger partial charge on any atom is 0.407 e. The van der Waals surface area contributed by atoms with Crippen molar-refractivity contribution >= 4 is 6.09 Å². The Morgan fingerprint density at radius 1 is 1.15 bits per heavy atom. The van der Waals surface area contributed by atoms with Crippen molar-refractivity contribution in [2.24, 2.45) is 0 Å². The molecule has 1 saturated carbocycles. The molecule has 0 radical (unpaired) electrons. The molecule has 116 valence electrons. The number of nitrogens with one attached hydrogen (secondary N) is 2. The third-order valence-electron chi connectivity index (χ3n) is 4.50. The molecule has 1 saturated heterocycles. The monoisotopic (exact) mass is 283 g/mol. The van der Waals surface area contributed by atoms with Crippen molar-refractivity contribution in [3.8, 4) is 0 Å². The number of carbonyl (C=O) groups is 1. The van der Waals surface area contributed by atoms with Crippen LogP contribution >= 0.6 is 0 Å². The summed E-state index contributed by atoms with van der Waals surface area (Å²) in [6, 6.07) is 0.594. The third-order valence-corrected chi connectivity index (χ3v) is 4.50. The Labute approximate surface area is 122 Å². The fourth-order valence-electron chi connectivity index (χ4n) is 3.16. The summed E-state index contributed by atoms with van der Waals surface area (Å²) in [6.07, 6.45) is 7.95. The second-order valence-electron chi connectivity index (χ2n) is 6.00. The second-order valence-corrected chi connectivity index (χ2v) is 6.00. The smallest absolute Gasteiger partial charge is 0.407 e. The van der Waals surface area contributed by atoms with E-state index < -0.39 is 0 Å². The number of nitrogens with zero attached hydrogens (tertiary/aromatic N) is 1. The van der Waals surface area contributed by atoms with Gasteiger partial charge in [-0.25, -0.2) is 4.79 Å². The number of hydrogen-bond acceptors (Lipinski definition) is 4. The van der Waals surface area contributed by atoms with Crippen molar-refractivity contribution in [2.75, 3.05) is 33.2 Å². The molecule has 5 nitrogen and oxygen atoms in total. The molecule has 0 spiro atoms. The molecule has 2 aliphatic rings. The first-order valence-corrected chi connectivity index (χ1v) is 8.12. The van der Waals surface area contributed by atoms with Gasteiger partial charge >= 0.3 is 6.09 Å². The van der Waals surface area contributed by atoms with E-state index in [0.717, 1.165) is 32.2 Å². The van der Waals surface area contributed by atoms with Crippen molar-refractivity contribution < 1.29 is 9.53 Å². The van der Waals surface area contributed by atoms with Crippen LogP contribution in [0.4, 0.5) is 4.79 Å². The van der Waals surface area contributed by atoms with Crippen LogP contribution in [0.1, 0.15) is 44.9 Å². The Balaban J connectivity index is 1.54. The summed E-state index contributed by atoms with van der Waals surface area (Å²) in [5, 5.41) is 6.17. The summed E-state index contributed by atoms with van der Waals surface area (Å²) in [5.41, 5.74) is 0. The van der Waals surface area contributed by atoms with Crippen LogP contribution in [0.3, 0.4) is 0 Å². The number of alkyl carbamates (subject to hydrolysis) is 1. The van der Waals surface area contributed by atoms with Gasteiger partial charge in [0.15, 0.2) is 0 Å². The highest BCUT2D eigenvalue weighted by molar-refractivity contribution is 5.67. The second kappa shape index (κ2) is 8.47. The van der Waals surface area contributed by atoms with Crippen LogP contribution in [0.2, 0.25) is 0 Å². The molecule has 1 heterocycles. The molecule has 0 bridgehead atoms. The minimum atomic E-state index is -0.241. The molecule has 0 aromatic rings. The van der Waals surface area contributed by atoms with Crippen LogP contribution < -0.4 is 10.6 Å². The molecule has 0 aromatic heterocycles. The van der Waals surface area contributed by atoms with Crippen LogP contribution in [0.25, 0.3) is 0 Å². The van der Waals surface area contributed by atoms with E-state index >= 15 is 0 Å². The van der Waals surface area contributed by atoms with Crippen LogP contribution in [0.15, 0.2) is 0 Å². The van der Waals surface area contributed by atoms with Gasteiger partial charge in [0.25, 0.3) is 0 Å². The van der Waals surface area contributed by atoms with Crippen molar-refractivity contribution in [2.45, 2.75) is 57.1 Å². The third kappa shape index (κ3) is 5.29. The average molecular weight is 283 g/mol. The van der Waals surface area contributed by atoms with Crippen molar-refractivity contribution in [3.05, 3.63) is 0 Å². The molecule has 5 heteroatoms. The van der Waals surface area contributed by atoms with E-state index in [0.29, 0.717) is 12.6 Å². The molecule has 0 unspecified atom stereocenters. The molecule has 2 rings (SSSR count). The van der Waals surface area contributed by atoms with E-state index in [9.17, 15) is 4.79 Å². The van der Waals surface area contributed by atoms with E-state index in [-0.39, 0.29) is 12.2 Å². The van der Waals surface area contributed by atoms with Gasteiger partial charge in [0.1, 0.15) is 6.10 Å². The van der Waals surface area contributed by atoms with Crippen LogP contribution in [-0.2, 0) is 4.74 Å². The highest BCUT2D eigenvalue weighted by Crippen LogP contribution is 2.20. The molecular weight excluding hydrogens is 254 g/mol. The van der Waals surface area contributed by atoms with Gasteiger partial charge in [-0.2, -0.15) is 0 Å². The Morgan fingerprint density at radius 3 is 2.50 bits per heavy atom. The van der Waals surface area contributed by atoms with E-state index in [2.05, 4.69) is 15.5 Å². The minimum absolute atomic E-state index is 0.106. The normalized spacial score (nSPS) is 28.1. The largest absolute Gasteiger partial charge is 0.446 e. The van der Waals surface area contributed by atoms with Crippen molar-refractivity contribution in [1.29, 1.82) is 0 Å². The standard InChI is InChI=1S/C15H29N3O2/c1-16-13-5-7-14(8-6-13)20-15(19)17-9-12-18-10-3-2-4-11-18/h13-14,16H,2-12H2,1H3,(H,17,19). The fourth-order valence-corrected chi connectivity index (χ4v) is 3.16. The van der Waals surface area contributed by atoms with Crippen LogP contribution in [-0.4, -0.2) is 56.4 Å². The van der Waals surface area contributed by atoms with Gasteiger partial charge in [0.2, 0.25) is 0 Å². The Kier molecular flexibility index (Phi) is 6.60. The van der Waals surface area contributed by atoms with Gasteiger partial charge in [0, 0.05) is 19.1 Å². The maximum atomic E-state index is 11.7. The summed E-state index contributed by atoms with van der Waals surface area (Å²) < 4.78 is 5.48. The fraction of sp³-hybridized carbons (Fsp3) is 0.933. The summed E-state index contributed by atoms with van der Waals surface area (Å²) in [5.74, 6) is 0. The van der Waals surface area contributed by atoms with E-state index in [1.807, 2.05) is 7.05 Å². The van der Waals surface area contributed by atoms with Crippen LogP contribution in [0.5, 0.6) is 0 Å². The SMILES string of the molecule is CNC1CCC(OC(=O)NCCN2CCCCC2)CC1. The predicted molar refractivity (Wildman–Crippen MR) is 79.9 cm³/mol. The number of likely N-dealkylation sites (tertiary alicyclic amines) is 1. The molecule has 2 fully saturated rings. The van der Waals surface area contributed by atoms with E-state index in [1.54, 1.807) is 0 Å². The van der Waals surface area contributed by atoms with Gasteiger partial charge in [-0.05, 0) is 58.7 Å². The minimum Gasteiger partial charge on any atom is -0.446 e. The lowest BCUT2D eigenvalue weighted by molar-refractivity contribution is 0.0688. The van der Waals surface area contributed by atoms with E-state index in [1.165, 1.54) is 32.4 Å². The van der Waals surface area contributed by atoms with Gasteiger partial charge in [-0.15, -0.1) is 0 Å². The Hall–Kier alpha value is -0.810. The zero-order chi connectivity index (χ0) is 14.2. The lowest BCUT2D eigenvalue weighted by atomic mass is 9.93. The maximum absolute atomic E-state index is 11.7.